The first-order valence-corrected chi connectivity index (χ1v) is 7.86. The van der Waals surface area contributed by atoms with Crippen LogP contribution in [0.3, 0.4) is 0 Å². The number of aryl methyl sites for hydroxylation is 1. The summed E-state index contributed by atoms with van der Waals surface area (Å²) in [6, 6.07) is 16.7. The highest BCUT2D eigenvalue weighted by molar-refractivity contribution is 6.07. The van der Waals surface area contributed by atoms with Crippen molar-refractivity contribution in [3.63, 3.8) is 0 Å². The Hall–Kier alpha value is -2.59. The number of aromatic nitrogens is 3. The maximum atomic E-state index is 10.6. The Bertz CT molecular complexity index is 914. The number of fused-ring (bicyclic) bond motifs is 3. The van der Waals surface area contributed by atoms with Crippen molar-refractivity contribution in [2.75, 3.05) is 0 Å². The van der Waals surface area contributed by atoms with Gasteiger partial charge in [0.1, 0.15) is 5.82 Å². The molecule has 0 unspecified atom stereocenters. The topological polar surface area (TPSA) is 43.0 Å². The van der Waals surface area contributed by atoms with E-state index in [1.165, 1.54) is 10.8 Å². The number of aliphatic hydroxyl groups excluding tert-OH is 1. The van der Waals surface area contributed by atoms with E-state index in [4.69, 9.17) is 0 Å². The van der Waals surface area contributed by atoms with Crippen LogP contribution in [0.15, 0.2) is 60.9 Å². The van der Waals surface area contributed by atoms with Gasteiger partial charge in [0.25, 0.3) is 0 Å². The molecule has 4 rings (SSSR count). The number of hydrogen-bond donors (Lipinski definition) is 1. The summed E-state index contributed by atoms with van der Waals surface area (Å²) >= 11 is 0. The number of nitrogens with zero attached hydrogens (tertiary/aromatic N) is 3. The van der Waals surface area contributed by atoms with E-state index < -0.39 is 6.10 Å². The molecule has 0 aliphatic heterocycles. The van der Waals surface area contributed by atoms with Gasteiger partial charge in [0.2, 0.25) is 0 Å². The van der Waals surface area contributed by atoms with E-state index in [2.05, 4.69) is 45.9 Å². The Morgan fingerprint density at radius 1 is 0.957 bits per heavy atom. The Morgan fingerprint density at radius 3 is 2.13 bits per heavy atom. The fraction of sp³-hybridized carbons (Fsp3) is 0.211. The molecule has 2 heterocycles. The molecule has 0 aliphatic rings. The number of benzene rings is 2. The van der Waals surface area contributed by atoms with Gasteiger partial charge in [-0.15, -0.1) is 0 Å². The highest BCUT2D eigenvalue weighted by Gasteiger charge is 2.14. The minimum Gasteiger partial charge on any atom is -0.389 e. The van der Waals surface area contributed by atoms with E-state index in [1.54, 1.807) is 6.20 Å². The van der Waals surface area contributed by atoms with Gasteiger partial charge in [-0.1, -0.05) is 36.4 Å². The zero-order valence-corrected chi connectivity index (χ0v) is 13.1. The standard InChI is InChI=1S/C19H19N3O/c1-14-20-10-11-21(14)12-15(23)13-22-18-8-4-2-6-16(18)17-7-3-5-9-19(17)22/h2-11,15,23H,12-13H2,1H3/t15-/m0/s1. The quantitative estimate of drug-likeness (QED) is 0.628. The van der Waals surface area contributed by atoms with E-state index >= 15 is 0 Å². The van der Waals surface area contributed by atoms with Gasteiger partial charge < -0.3 is 14.2 Å². The maximum Gasteiger partial charge on any atom is 0.105 e. The summed E-state index contributed by atoms with van der Waals surface area (Å²) in [7, 11) is 0. The first kappa shape index (κ1) is 14.0. The monoisotopic (exact) mass is 305 g/mol. The van der Waals surface area contributed by atoms with Crippen LogP contribution >= 0.6 is 0 Å². The fourth-order valence-electron chi connectivity index (χ4n) is 3.29. The number of hydrogen-bond acceptors (Lipinski definition) is 2. The molecule has 0 bridgehead atoms. The number of aliphatic hydroxyl groups is 1. The largest absolute Gasteiger partial charge is 0.389 e. The molecule has 2 aromatic carbocycles. The molecule has 2 aromatic heterocycles. The SMILES string of the molecule is Cc1nccn1C[C@H](O)Cn1c2ccccc2c2ccccc21. The molecule has 1 atom stereocenters. The normalized spacial score (nSPS) is 13.0. The van der Waals surface area contributed by atoms with Gasteiger partial charge in [0, 0.05) is 34.2 Å². The fourth-order valence-corrected chi connectivity index (χ4v) is 3.29. The second-order valence-corrected chi connectivity index (χ2v) is 5.93. The van der Waals surface area contributed by atoms with Crippen LogP contribution in [0.2, 0.25) is 0 Å². The van der Waals surface area contributed by atoms with Crippen molar-refractivity contribution < 1.29 is 5.11 Å². The summed E-state index contributed by atoms with van der Waals surface area (Å²) < 4.78 is 4.19. The smallest absolute Gasteiger partial charge is 0.105 e. The minimum atomic E-state index is -0.470. The van der Waals surface area contributed by atoms with Crippen LogP contribution in [-0.2, 0) is 13.1 Å². The lowest BCUT2D eigenvalue weighted by molar-refractivity contribution is 0.136. The van der Waals surface area contributed by atoms with Crippen LogP contribution in [0, 0.1) is 6.92 Å². The van der Waals surface area contributed by atoms with Crippen LogP contribution in [0.4, 0.5) is 0 Å². The second-order valence-electron chi connectivity index (χ2n) is 5.93. The van der Waals surface area contributed by atoms with Gasteiger partial charge >= 0.3 is 0 Å². The molecule has 116 valence electrons. The Balaban J connectivity index is 1.74. The maximum absolute atomic E-state index is 10.6. The van der Waals surface area contributed by atoms with Gasteiger partial charge in [0.05, 0.1) is 19.2 Å². The number of imidazole rings is 1. The van der Waals surface area contributed by atoms with Crippen molar-refractivity contribution in [1.29, 1.82) is 0 Å². The molecule has 0 radical (unpaired) electrons. The Morgan fingerprint density at radius 2 is 1.57 bits per heavy atom. The molecule has 0 aliphatic carbocycles. The highest BCUT2D eigenvalue weighted by Crippen LogP contribution is 2.28. The van der Waals surface area contributed by atoms with Crippen molar-refractivity contribution in [3.8, 4) is 0 Å². The van der Waals surface area contributed by atoms with Crippen molar-refractivity contribution in [2.45, 2.75) is 26.1 Å². The summed E-state index contributed by atoms with van der Waals surface area (Å²) in [6.07, 6.45) is 3.20. The zero-order valence-electron chi connectivity index (χ0n) is 13.1. The lowest BCUT2D eigenvalue weighted by Gasteiger charge is -2.15. The van der Waals surface area contributed by atoms with E-state index in [1.807, 2.05) is 29.8 Å². The predicted octanol–water partition coefficient (Wildman–Crippen LogP) is 3.36. The van der Waals surface area contributed by atoms with Crippen LogP contribution < -0.4 is 0 Å². The van der Waals surface area contributed by atoms with Gasteiger partial charge in [-0.25, -0.2) is 4.98 Å². The van der Waals surface area contributed by atoms with Gasteiger partial charge in [0.15, 0.2) is 0 Å². The third-order valence-electron chi connectivity index (χ3n) is 4.40. The number of rotatable bonds is 4. The van der Waals surface area contributed by atoms with Crippen molar-refractivity contribution in [1.82, 2.24) is 14.1 Å². The average molecular weight is 305 g/mol. The summed E-state index contributed by atoms with van der Waals surface area (Å²) in [5.41, 5.74) is 2.32. The van der Waals surface area contributed by atoms with E-state index in [9.17, 15) is 5.11 Å². The Labute approximate surface area is 134 Å². The van der Waals surface area contributed by atoms with Crippen LogP contribution in [0.25, 0.3) is 21.8 Å². The molecule has 1 N–H and O–H groups in total. The molecule has 0 fully saturated rings. The summed E-state index contributed by atoms with van der Waals surface area (Å²) in [6.45, 7) is 3.06. The molecular weight excluding hydrogens is 286 g/mol. The Kier molecular flexibility index (Phi) is 3.39. The molecule has 4 nitrogen and oxygen atoms in total. The first-order chi connectivity index (χ1) is 11.2. The van der Waals surface area contributed by atoms with Gasteiger partial charge in [-0.05, 0) is 19.1 Å². The van der Waals surface area contributed by atoms with Crippen LogP contribution in [-0.4, -0.2) is 25.3 Å². The summed E-state index contributed by atoms with van der Waals surface area (Å²) in [5, 5.41) is 13.0. The second kappa shape index (κ2) is 5.56. The molecule has 0 saturated carbocycles. The zero-order chi connectivity index (χ0) is 15.8. The van der Waals surface area contributed by atoms with E-state index in [0.29, 0.717) is 13.1 Å². The molecule has 0 saturated heterocycles. The van der Waals surface area contributed by atoms with Gasteiger partial charge in [-0.3, -0.25) is 0 Å². The van der Waals surface area contributed by atoms with Crippen LogP contribution in [0.1, 0.15) is 5.82 Å². The average Bonchev–Trinajstić information content (AvgIpc) is 3.11. The third-order valence-corrected chi connectivity index (χ3v) is 4.40. The van der Waals surface area contributed by atoms with Crippen molar-refractivity contribution >= 4 is 21.8 Å². The predicted molar refractivity (Wildman–Crippen MR) is 92.4 cm³/mol. The van der Waals surface area contributed by atoms with E-state index in [0.717, 1.165) is 16.9 Å². The van der Waals surface area contributed by atoms with Crippen molar-refractivity contribution in [2.24, 2.45) is 0 Å². The first-order valence-electron chi connectivity index (χ1n) is 7.86. The summed E-state index contributed by atoms with van der Waals surface area (Å²) in [4.78, 5) is 4.21. The van der Waals surface area contributed by atoms with Crippen molar-refractivity contribution in [3.05, 3.63) is 66.7 Å². The molecule has 4 aromatic rings. The lowest BCUT2D eigenvalue weighted by atomic mass is 10.2. The molecule has 23 heavy (non-hydrogen) atoms. The molecular formula is C19H19N3O. The molecule has 0 spiro atoms. The molecule has 0 amide bonds. The molecule has 4 heteroatoms. The lowest BCUT2D eigenvalue weighted by Crippen LogP contribution is -2.22. The minimum absolute atomic E-state index is 0.470. The van der Waals surface area contributed by atoms with E-state index in [-0.39, 0.29) is 0 Å². The van der Waals surface area contributed by atoms with Gasteiger partial charge in [-0.2, -0.15) is 0 Å². The third kappa shape index (κ3) is 2.41. The van der Waals surface area contributed by atoms with Crippen LogP contribution in [0.5, 0.6) is 0 Å². The summed E-state index contributed by atoms with van der Waals surface area (Å²) in [5.74, 6) is 0.922. The highest BCUT2D eigenvalue weighted by atomic mass is 16.3. The number of para-hydroxylation sites is 2.